The van der Waals surface area contributed by atoms with Crippen molar-refractivity contribution in [3.05, 3.63) is 53.8 Å². The van der Waals surface area contributed by atoms with Gasteiger partial charge < -0.3 is 10.2 Å². The predicted molar refractivity (Wildman–Crippen MR) is 84.4 cm³/mol. The fourth-order valence-electron chi connectivity index (χ4n) is 2.92. The lowest BCUT2D eigenvalue weighted by Gasteiger charge is -2.19. The second-order valence-corrected chi connectivity index (χ2v) is 5.81. The Bertz CT molecular complexity index is 693. The molecule has 0 amide bonds. The van der Waals surface area contributed by atoms with Gasteiger partial charge >= 0.3 is 0 Å². The molecule has 2 N–H and O–H groups in total. The molecule has 1 aliphatic carbocycles. The highest BCUT2D eigenvalue weighted by Gasteiger charge is 2.21. The Kier molecular flexibility index (Phi) is 3.27. The van der Waals surface area contributed by atoms with E-state index < -0.39 is 0 Å². The van der Waals surface area contributed by atoms with Crippen molar-refractivity contribution < 1.29 is 4.42 Å². The molecule has 1 heterocycles. The molecule has 0 bridgehead atoms. The van der Waals surface area contributed by atoms with Crippen molar-refractivity contribution in [2.45, 2.75) is 26.8 Å². The van der Waals surface area contributed by atoms with Crippen LogP contribution in [-0.4, -0.2) is 6.04 Å². The van der Waals surface area contributed by atoms with E-state index in [0.29, 0.717) is 11.8 Å². The zero-order chi connectivity index (χ0) is 14.3. The molecule has 3 atom stereocenters. The third kappa shape index (κ3) is 2.10. The van der Waals surface area contributed by atoms with Gasteiger partial charge in [-0.1, -0.05) is 50.3 Å². The van der Waals surface area contributed by atoms with E-state index in [1.54, 1.807) is 0 Å². The van der Waals surface area contributed by atoms with Crippen LogP contribution in [-0.2, 0) is 0 Å². The fraction of sp³-hybridized carbons (Fsp3) is 0.333. The van der Waals surface area contributed by atoms with E-state index in [-0.39, 0.29) is 6.04 Å². The number of nitrogens with two attached hydrogens (primary N) is 1. The van der Waals surface area contributed by atoms with Crippen molar-refractivity contribution in [3.8, 4) is 0 Å². The van der Waals surface area contributed by atoms with Crippen molar-refractivity contribution in [2.75, 3.05) is 0 Å². The average molecular weight is 267 g/mol. The van der Waals surface area contributed by atoms with E-state index in [4.69, 9.17) is 10.2 Å². The molecule has 0 spiro atoms. The maximum absolute atomic E-state index is 6.19. The van der Waals surface area contributed by atoms with E-state index in [1.165, 1.54) is 16.5 Å². The zero-order valence-corrected chi connectivity index (χ0v) is 12.3. The van der Waals surface area contributed by atoms with Gasteiger partial charge in [-0.15, -0.1) is 0 Å². The molecular formula is C18H21NO. The summed E-state index contributed by atoms with van der Waals surface area (Å²) in [5.74, 6) is 1.86. The molecule has 0 radical (unpaired) electrons. The summed E-state index contributed by atoms with van der Waals surface area (Å²) in [4.78, 5) is 0. The number of furan rings is 1. The number of para-hydroxylation sites is 1. The number of hydrogen-bond acceptors (Lipinski definition) is 2. The predicted octanol–water partition coefficient (Wildman–Crippen LogP) is 4.29. The highest BCUT2D eigenvalue weighted by atomic mass is 16.3. The van der Waals surface area contributed by atoms with Gasteiger partial charge in [0.2, 0.25) is 0 Å². The molecule has 2 aromatic rings. The lowest BCUT2D eigenvalue weighted by Crippen LogP contribution is -2.28. The summed E-state index contributed by atoms with van der Waals surface area (Å²) in [7, 11) is 0. The van der Waals surface area contributed by atoms with Crippen LogP contribution in [0.2, 0.25) is 0 Å². The Labute approximate surface area is 120 Å². The minimum Gasteiger partial charge on any atom is -0.461 e. The number of rotatable bonds is 1. The first-order chi connectivity index (χ1) is 9.58. The molecule has 3 unspecified atom stereocenters. The van der Waals surface area contributed by atoms with Crippen molar-refractivity contribution in [3.63, 3.8) is 0 Å². The van der Waals surface area contributed by atoms with Gasteiger partial charge in [-0.25, -0.2) is 0 Å². The van der Waals surface area contributed by atoms with Crippen molar-refractivity contribution in [1.29, 1.82) is 0 Å². The molecule has 1 aliphatic rings. The zero-order valence-electron chi connectivity index (χ0n) is 12.3. The Morgan fingerprint density at radius 2 is 1.90 bits per heavy atom. The molecule has 20 heavy (non-hydrogen) atoms. The summed E-state index contributed by atoms with van der Waals surface area (Å²) in [6.45, 7) is 6.47. The lowest BCUT2D eigenvalue weighted by atomic mass is 9.89. The monoisotopic (exact) mass is 267 g/mol. The third-order valence-corrected chi connectivity index (χ3v) is 4.44. The van der Waals surface area contributed by atoms with Crippen LogP contribution in [0.5, 0.6) is 0 Å². The number of allylic oxidation sites excluding steroid dienone is 3. The number of benzene rings is 1. The Morgan fingerprint density at radius 1 is 1.15 bits per heavy atom. The van der Waals surface area contributed by atoms with Gasteiger partial charge in [-0.2, -0.15) is 0 Å². The highest BCUT2D eigenvalue weighted by Crippen LogP contribution is 2.35. The first-order valence-electron chi connectivity index (χ1n) is 7.22. The fourth-order valence-corrected chi connectivity index (χ4v) is 2.92. The molecule has 1 aromatic carbocycles. The topological polar surface area (TPSA) is 39.2 Å². The van der Waals surface area contributed by atoms with Crippen LogP contribution < -0.4 is 5.73 Å². The minimum absolute atomic E-state index is 0.109. The maximum atomic E-state index is 6.19. The standard InChI is InChI=1S/C18H21NO/c1-11-10-14(8-9-16(19)12(11)2)18-13(3)20-17-7-5-4-6-15(17)18/h4-12,16H,19H2,1-3H3. The summed E-state index contributed by atoms with van der Waals surface area (Å²) in [5, 5.41) is 1.18. The van der Waals surface area contributed by atoms with E-state index in [9.17, 15) is 0 Å². The van der Waals surface area contributed by atoms with Crippen molar-refractivity contribution in [2.24, 2.45) is 17.6 Å². The maximum Gasteiger partial charge on any atom is 0.134 e. The molecule has 0 fully saturated rings. The molecular weight excluding hydrogens is 246 g/mol. The summed E-state index contributed by atoms with van der Waals surface area (Å²) in [6.07, 6.45) is 6.58. The van der Waals surface area contributed by atoms with E-state index in [0.717, 1.165) is 11.3 Å². The molecule has 0 aliphatic heterocycles. The lowest BCUT2D eigenvalue weighted by molar-refractivity contribution is 0.421. The van der Waals surface area contributed by atoms with Crippen LogP contribution in [0.1, 0.15) is 25.2 Å². The summed E-state index contributed by atoms with van der Waals surface area (Å²) < 4.78 is 5.88. The number of aryl methyl sites for hydroxylation is 1. The van der Waals surface area contributed by atoms with E-state index in [1.807, 2.05) is 19.1 Å². The summed E-state index contributed by atoms with van der Waals surface area (Å²) >= 11 is 0. The highest BCUT2D eigenvalue weighted by molar-refractivity contribution is 5.95. The van der Waals surface area contributed by atoms with Crippen molar-refractivity contribution >= 4 is 16.5 Å². The van der Waals surface area contributed by atoms with Crippen LogP contribution in [0.25, 0.3) is 16.5 Å². The molecule has 2 nitrogen and oxygen atoms in total. The van der Waals surface area contributed by atoms with E-state index in [2.05, 4.69) is 44.2 Å². The van der Waals surface area contributed by atoms with Crippen LogP contribution >= 0.6 is 0 Å². The quantitative estimate of drug-likeness (QED) is 0.837. The Balaban J connectivity index is 2.17. The van der Waals surface area contributed by atoms with Crippen LogP contribution in [0.4, 0.5) is 0 Å². The van der Waals surface area contributed by atoms with Gasteiger partial charge in [0.25, 0.3) is 0 Å². The van der Waals surface area contributed by atoms with Crippen LogP contribution in [0.15, 0.2) is 46.9 Å². The largest absolute Gasteiger partial charge is 0.461 e. The molecule has 0 saturated carbocycles. The smallest absolute Gasteiger partial charge is 0.134 e. The van der Waals surface area contributed by atoms with Gasteiger partial charge in [0.05, 0.1) is 0 Å². The van der Waals surface area contributed by atoms with Gasteiger partial charge in [0, 0.05) is 17.0 Å². The Hall–Kier alpha value is -1.80. The first kappa shape index (κ1) is 13.2. The average Bonchev–Trinajstić information content (AvgIpc) is 2.71. The summed E-state index contributed by atoms with van der Waals surface area (Å²) in [5.41, 5.74) is 9.56. The number of hydrogen-bond donors (Lipinski definition) is 1. The second-order valence-electron chi connectivity index (χ2n) is 5.81. The third-order valence-electron chi connectivity index (χ3n) is 4.44. The van der Waals surface area contributed by atoms with Gasteiger partial charge in [0.15, 0.2) is 0 Å². The Morgan fingerprint density at radius 3 is 2.70 bits per heavy atom. The minimum atomic E-state index is 0.109. The van der Waals surface area contributed by atoms with Gasteiger partial charge in [-0.3, -0.25) is 0 Å². The molecule has 2 heteroatoms. The van der Waals surface area contributed by atoms with Crippen LogP contribution in [0.3, 0.4) is 0 Å². The first-order valence-corrected chi connectivity index (χ1v) is 7.22. The molecule has 3 rings (SSSR count). The number of fused-ring (bicyclic) bond motifs is 1. The summed E-state index contributed by atoms with van der Waals surface area (Å²) in [6, 6.07) is 8.31. The normalized spacial score (nSPS) is 26.6. The molecule has 104 valence electrons. The van der Waals surface area contributed by atoms with Crippen molar-refractivity contribution in [1.82, 2.24) is 0 Å². The van der Waals surface area contributed by atoms with Gasteiger partial charge in [-0.05, 0) is 30.4 Å². The van der Waals surface area contributed by atoms with Gasteiger partial charge in [0.1, 0.15) is 11.3 Å². The van der Waals surface area contributed by atoms with E-state index >= 15 is 0 Å². The SMILES string of the molecule is Cc1oc2ccccc2c1C1=CC(C)C(C)C(N)C=C1. The van der Waals surface area contributed by atoms with Crippen LogP contribution in [0, 0.1) is 18.8 Å². The molecule has 0 saturated heterocycles. The molecule has 1 aromatic heterocycles. The second kappa shape index (κ2) is 4.95.